The highest BCUT2D eigenvalue weighted by Crippen LogP contribution is 2.14. The fourth-order valence-corrected chi connectivity index (χ4v) is 3.96. The van der Waals surface area contributed by atoms with Gasteiger partial charge in [0, 0.05) is 10.8 Å². The molecular formula is C25H22N4O4S. The standard InChI is InChI=1S/C25H22N4O4S/c1-18-11-13-19(14-12-18)15-16-34(32,33)28-26-24(30)23-21-9-5-6-10-22(21)25(31)29(27-23)17-20-7-3-2-4-8-20/h2-16,28H,17H2,1H3,(H,26,30)/b16-15+. The number of hydrogen-bond donors (Lipinski definition) is 2. The van der Waals surface area contributed by atoms with E-state index in [0.717, 1.165) is 16.5 Å². The maximum absolute atomic E-state index is 12.9. The highest BCUT2D eigenvalue weighted by molar-refractivity contribution is 7.92. The maximum atomic E-state index is 12.9. The molecular weight excluding hydrogens is 452 g/mol. The first-order chi connectivity index (χ1) is 16.3. The Hall–Kier alpha value is -4.08. The van der Waals surface area contributed by atoms with Crippen LogP contribution in [0.2, 0.25) is 0 Å². The summed E-state index contributed by atoms with van der Waals surface area (Å²) in [4.78, 5) is 27.9. The Morgan fingerprint density at radius 1 is 0.941 bits per heavy atom. The van der Waals surface area contributed by atoms with E-state index in [0.29, 0.717) is 16.3 Å². The van der Waals surface area contributed by atoms with Crippen molar-refractivity contribution < 1.29 is 13.2 Å². The number of amides is 1. The lowest BCUT2D eigenvalue weighted by Gasteiger charge is -2.11. The molecule has 0 saturated heterocycles. The lowest BCUT2D eigenvalue weighted by Crippen LogP contribution is -2.42. The van der Waals surface area contributed by atoms with Crippen LogP contribution < -0.4 is 15.8 Å². The minimum Gasteiger partial charge on any atom is -0.272 e. The van der Waals surface area contributed by atoms with Gasteiger partial charge < -0.3 is 0 Å². The minimum absolute atomic E-state index is 0.0728. The van der Waals surface area contributed by atoms with E-state index in [1.807, 2.05) is 54.2 Å². The quantitative estimate of drug-likeness (QED) is 0.400. The Labute approximate surface area is 196 Å². The second kappa shape index (κ2) is 9.82. The first-order valence-electron chi connectivity index (χ1n) is 10.4. The third kappa shape index (κ3) is 5.45. The summed E-state index contributed by atoms with van der Waals surface area (Å²) in [7, 11) is -3.97. The number of aromatic nitrogens is 2. The van der Waals surface area contributed by atoms with E-state index in [9.17, 15) is 18.0 Å². The summed E-state index contributed by atoms with van der Waals surface area (Å²) in [6.45, 7) is 2.10. The number of carbonyl (C=O) groups is 1. The Morgan fingerprint density at radius 3 is 2.29 bits per heavy atom. The molecule has 172 valence electrons. The predicted molar refractivity (Wildman–Crippen MR) is 131 cm³/mol. The first-order valence-corrected chi connectivity index (χ1v) is 12.0. The van der Waals surface area contributed by atoms with Gasteiger partial charge in [-0.15, -0.1) is 4.83 Å². The predicted octanol–water partition coefficient (Wildman–Crippen LogP) is 2.99. The molecule has 0 radical (unpaired) electrons. The van der Waals surface area contributed by atoms with Crippen molar-refractivity contribution in [3.8, 4) is 0 Å². The SMILES string of the molecule is Cc1ccc(/C=C/S(=O)(=O)NNC(=O)c2nn(Cc3ccccc3)c(=O)c3ccccc23)cc1. The molecule has 3 aromatic carbocycles. The number of rotatable bonds is 7. The largest absolute Gasteiger partial charge is 0.287 e. The van der Waals surface area contributed by atoms with Crippen LogP contribution in [0.5, 0.6) is 0 Å². The molecule has 9 heteroatoms. The van der Waals surface area contributed by atoms with Gasteiger partial charge in [-0.2, -0.15) is 5.10 Å². The Balaban J connectivity index is 1.58. The molecule has 0 spiro atoms. The second-order valence-corrected chi connectivity index (χ2v) is 9.22. The maximum Gasteiger partial charge on any atom is 0.287 e. The van der Waals surface area contributed by atoms with Crippen LogP contribution in [-0.2, 0) is 16.6 Å². The third-order valence-corrected chi connectivity index (χ3v) is 5.96. The van der Waals surface area contributed by atoms with Crippen LogP contribution >= 0.6 is 0 Å². The summed E-state index contributed by atoms with van der Waals surface area (Å²) in [6, 6.07) is 23.1. The Kier molecular flexibility index (Phi) is 6.67. The van der Waals surface area contributed by atoms with Crippen molar-refractivity contribution in [1.29, 1.82) is 0 Å². The molecule has 0 saturated carbocycles. The molecule has 0 atom stereocenters. The molecule has 0 aliphatic carbocycles. The van der Waals surface area contributed by atoms with Crippen molar-refractivity contribution >= 4 is 32.8 Å². The number of aryl methyl sites for hydroxylation is 1. The van der Waals surface area contributed by atoms with Gasteiger partial charge in [0.05, 0.1) is 11.9 Å². The van der Waals surface area contributed by atoms with Gasteiger partial charge in [0.25, 0.3) is 21.5 Å². The molecule has 0 aliphatic rings. The van der Waals surface area contributed by atoms with Gasteiger partial charge in [0.15, 0.2) is 5.69 Å². The number of carbonyl (C=O) groups excluding carboxylic acids is 1. The lowest BCUT2D eigenvalue weighted by molar-refractivity contribution is 0.0940. The van der Waals surface area contributed by atoms with Crippen molar-refractivity contribution in [3.63, 3.8) is 0 Å². The van der Waals surface area contributed by atoms with Gasteiger partial charge in [-0.05, 0) is 30.2 Å². The van der Waals surface area contributed by atoms with E-state index in [2.05, 4.69) is 10.5 Å². The van der Waals surface area contributed by atoms with Gasteiger partial charge >= 0.3 is 0 Å². The van der Waals surface area contributed by atoms with Crippen LogP contribution in [0.1, 0.15) is 27.2 Å². The van der Waals surface area contributed by atoms with Crippen LogP contribution in [0.25, 0.3) is 16.8 Å². The lowest BCUT2D eigenvalue weighted by atomic mass is 10.1. The highest BCUT2D eigenvalue weighted by Gasteiger charge is 2.18. The number of nitrogens with zero attached hydrogens (tertiary/aromatic N) is 2. The van der Waals surface area contributed by atoms with E-state index in [-0.39, 0.29) is 17.8 Å². The van der Waals surface area contributed by atoms with Crippen LogP contribution in [0.15, 0.2) is 89.1 Å². The molecule has 8 nitrogen and oxygen atoms in total. The minimum atomic E-state index is -3.97. The van der Waals surface area contributed by atoms with E-state index >= 15 is 0 Å². The molecule has 1 heterocycles. The average molecular weight is 475 g/mol. The molecule has 34 heavy (non-hydrogen) atoms. The average Bonchev–Trinajstić information content (AvgIpc) is 2.85. The summed E-state index contributed by atoms with van der Waals surface area (Å²) < 4.78 is 25.9. The normalized spacial score (nSPS) is 11.7. The van der Waals surface area contributed by atoms with Gasteiger partial charge in [-0.3, -0.25) is 15.0 Å². The monoisotopic (exact) mass is 474 g/mol. The number of nitrogens with one attached hydrogen (secondary N) is 2. The Morgan fingerprint density at radius 2 is 1.59 bits per heavy atom. The zero-order valence-corrected chi connectivity index (χ0v) is 19.1. The molecule has 0 bridgehead atoms. The van der Waals surface area contributed by atoms with Crippen LogP contribution in [0.4, 0.5) is 0 Å². The number of hydrogen-bond acceptors (Lipinski definition) is 5. The fourth-order valence-electron chi connectivity index (χ4n) is 3.32. The van der Waals surface area contributed by atoms with Crippen molar-refractivity contribution in [2.45, 2.75) is 13.5 Å². The smallest absolute Gasteiger partial charge is 0.272 e. The summed E-state index contributed by atoms with van der Waals surface area (Å²) in [5, 5.41) is 5.82. The van der Waals surface area contributed by atoms with Crippen molar-refractivity contribution in [2.24, 2.45) is 0 Å². The number of sulfonamides is 1. The van der Waals surface area contributed by atoms with Crippen molar-refractivity contribution in [1.82, 2.24) is 20.0 Å². The summed E-state index contributed by atoms with van der Waals surface area (Å²) in [5.74, 6) is -0.787. The summed E-state index contributed by atoms with van der Waals surface area (Å²) in [5.41, 5.74) is 4.34. The third-order valence-electron chi connectivity index (χ3n) is 5.08. The number of benzene rings is 3. The summed E-state index contributed by atoms with van der Waals surface area (Å²) >= 11 is 0. The molecule has 2 N–H and O–H groups in total. The number of fused-ring (bicyclic) bond motifs is 1. The molecule has 0 aliphatic heterocycles. The fraction of sp³-hybridized carbons (Fsp3) is 0.0800. The second-order valence-electron chi connectivity index (χ2n) is 7.66. The molecule has 4 aromatic rings. The van der Waals surface area contributed by atoms with E-state index in [4.69, 9.17) is 0 Å². The van der Waals surface area contributed by atoms with Crippen molar-refractivity contribution in [3.05, 3.63) is 117 Å². The topological polar surface area (TPSA) is 110 Å². The molecule has 4 rings (SSSR count). The van der Waals surface area contributed by atoms with Gasteiger partial charge in [-0.1, -0.05) is 78.4 Å². The van der Waals surface area contributed by atoms with Crippen LogP contribution in [0, 0.1) is 6.92 Å². The van der Waals surface area contributed by atoms with Gasteiger partial charge in [-0.25, -0.2) is 13.1 Å². The summed E-state index contributed by atoms with van der Waals surface area (Å²) in [6.07, 6.45) is 1.42. The zero-order valence-electron chi connectivity index (χ0n) is 18.3. The molecule has 1 amide bonds. The number of hydrazine groups is 1. The highest BCUT2D eigenvalue weighted by atomic mass is 32.2. The van der Waals surface area contributed by atoms with Gasteiger partial charge in [0.2, 0.25) is 0 Å². The van der Waals surface area contributed by atoms with E-state index in [1.54, 1.807) is 36.4 Å². The Bertz CT molecular complexity index is 1530. The van der Waals surface area contributed by atoms with Crippen LogP contribution in [-0.4, -0.2) is 24.1 Å². The van der Waals surface area contributed by atoms with E-state index in [1.165, 1.54) is 10.8 Å². The van der Waals surface area contributed by atoms with E-state index < -0.39 is 15.9 Å². The molecule has 0 unspecified atom stereocenters. The zero-order chi connectivity index (χ0) is 24.1. The molecule has 0 fully saturated rings. The first kappa shape index (κ1) is 23.1. The van der Waals surface area contributed by atoms with Crippen molar-refractivity contribution in [2.75, 3.05) is 0 Å². The van der Waals surface area contributed by atoms with Crippen LogP contribution in [0.3, 0.4) is 0 Å². The van der Waals surface area contributed by atoms with Gasteiger partial charge in [0.1, 0.15) is 0 Å². The molecule has 1 aromatic heterocycles.